The van der Waals surface area contributed by atoms with Gasteiger partial charge in [0.05, 0.1) is 11.0 Å². The topological polar surface area (TPSA) is 67.1 Å². The number of nitrogen functional groups attached to an aromatic ring is 1. The van der Waals surface area contributed by atoms with Crippen molar-refractivity contribution in [1.29, 1.82) is 0 Å². The van der Waals surface area contributed by atoms with E-state index in [9.17, 15) is 0 Å². The molecule has 2 heterocycles. The number of likely N-dealkylation sites (N-methyl/N-ethyl adjacent to an activating group) is 1. The lowest BCUT2D eigenvalue weighted by molar-refractivity contribution is 0.679. The smallest absolute Gasteiger partial charge is 0.172 e. The van der Waals surface area contributed by atoms with Gasteiger partial charge in [0, 0.05) is 19.6 Å². The Morgan fingerprint density at radius 3 is 2.58 bits per heavy atom. The molecule has 1 unspecified atom stereocenters. The van der Waals surface area contributed by atoms with Crippen molar-refractivity contribution in [2.24, 2.45) is 0 Å². The van der Waals surface area contributed by atoms with Crippen LogP contribution < -0.4 is 16.0 Å². The molecule has 0 saturated carbocycles. The molecular formula is C13H18ClN5. The fraction of sp³-hybridized carbons (Fsp3) is 0.385. The van der Waals surface area contributed by atoms with Crippen LogP contribution in [0.25, 0.3) is 11.0 Å². The number of nitrogens with zero attached hydrogens (tertiary/aromatic N) is 3. The van der Waals surface area contributed by atoms with Gasteiger partial charge in [-0.05, 0) is 25.1 Å². The van der Waals surface area contributed by atoms with Crippen LogP contribution >= 0.6 is 12.4 Å². The van der Waals surface area contributed by atoms with Crippen molar-refractivity contribution in [2.75, 3.05) is 30.8 Å². The number of para-hydroxylation sites is 2. The van der Waals surface area contributed by atoms with E-state index in [1.165, 1.54) is 0 Å². The molecule has 0 amide bonds. The van der Waals surface area contributed by atoms with Crippen molar-refractivity contribution >= 4 is 35.1 Å². The van der Waals surface area contributed by atoms with Crippen molar-refractivity contribution in [3.8, 4) is 0 Å². The van der Waals surface area contributed by atoms with Crippen LogP contribution in [-0.2, 0) is 0 Å². The minimum Gasteiger partial charge on any atom is -0.381 e. The Kier molecular flexibility index (Phi) is 4.07. The summed E-state index contributed by atoms with van der Waals surface area (Å²) in [5, 5.41) is 3.35. The van der Waals surface area contributed by atoms with E-state index >= 15 is 0 Å². The van der Waals surface area contributed by atoms with Crippen LogP contribution in [0.5, 0.6) is 0 Å². The Morgan fingerprint density at radius 1 is 1.26 bits per heavy atom. The molecule has 1 aliphatic rings. The molecule has 0 spiro atoms. The zero-order valence-corrected chi connectivity index (χ0v) is 11.7. The van der Waals surface area contributed by atoms with Crippen molar-refractivity contribution in [3.63, 3.8) is 0 Å². The van der Waals surface area contributed by atoms with Crippen LogP contribution in [0.2, 0.25) is 0 Å². The molecule has 2 aromatic rings. The molecule has 1 atom stereocenters. The summed E-state index contributed by atoms with van der Waals surface area (Å²) in [6.07, 6.45) is 1.12. The predicted molar refractivity (Wildman–Crippen MR) is 80.9 cm³/mol. The number of halogens is 1. The fourth-order valence-corrected chi connectivity index (χ4v) is 2.41. The number of rotatable bonds is 2. The van der Waals surface area contributed by atoms with E-state index in [0.717, 1.165) is 36.4 Å². The Hall–Kier alpha value is -1.59. The molecule has 3 rings (SSSR count). The molecule has 19 heavy (non-hydrogen) atoms. The lowest BCUT2D eigenvalue weighted by Gasteiger charge is -2.25. The maximum Gasteiger partial charge on any atom is 0.172 e. The maximum atomic E-state index is 6.02. The molecular weight excluding hydrogens is 262 g/mol. The average molecular weight is 280 g/mol. The minimum absolute atomic E-state index is 0. The molecule has 0 bridgehead atoms. The third-order valence-electron chi connectivity index (χ3n) is 3.49. The van der Waals surface area contributed by atoms with E-state index < -0.39 is 0 Å². The molecule has 102 valence electrons. The maximum absolute atomic E-state index is 6.02. The lowest BCUT2D eigenvalue weighted by Crippen LogP contribution is -2.34. The van der Waals surface area contributed by atoms with E-state index in [-0.39, 0.29) is 12.4 Å². The lowest BCUT2D eigenvalue weighted by atomic mass is 10.2. The van der Waals surface area contributed by atoms with Crippen molar-refractivity contribution < 1.29 is 0 Å². The van der Waals surface area contributed by atoms with Crippen molar-refractivity contribution in [1.82, 2.24) is 15.3 Å². The highest BCUT2D eigenvalue weighted by Gasteiger charge is 2.22. The van der Waals surface area contributed by atoms with Gasteiger partial charge in [-0.3, -0.25) is 0 Å². The molecule has 3 N–H and O–H groups in total. The van der Waals surface area contributed by atoms with Gasteiger partial charge in [0.2, 0.25) is 0 Å². The Bertz CT molecular complexity index is 568. The molecule has 0 radical (unpaired) electrons. The van der Waals surface area contributed by atoms with Gasteiger partial charge in [0.1, 0.15) is 0 Å². The summed E-state index contributed by atoms with van der Waals surface area (Å²) >= 11 is 0. The average Bonchev–Trinajstić information content (AvgIpc) is 2.91. The highest BCUT2D eigenvalue weighted by Crippen LogP contribution is 2.24. The highest BCUT2D eigenvalue weighted by molar-refractivity contribution is 5.85. The van der Waals surface area contributed by atoms with Gasteiger partial charge >= 0.3 is 0 Å². The van der Waals surface area contributed by atoms with E-state index in [1.54, 1.807) is 0 Å². The van der Waals surface area contributed by atoms with E-state index in [2.05, 4.69) is 20.2 Å². The second-order valence-electron chi connectivity index (χ2n) is 4.68. The SMILES string of the molecule is CN(c1nc2ccccc2nc1N)C1CCNC1.Cl. The van der Waals surface area contributed by atoms with Crippen molar-refractivity contribution in [3.05, 3.63) is 24.3 Å². The number of nitrogens with one attached hydrogen (secondary N) is 1. The molecule has 1 saturated heterocycles. The summed E-state index contributed by atoms with van der Waals surface area (Å²) in [7, 11) is 2.03. The van der Waals surface area contributed by atoms with Crippen LogP contribution in [0.15, 0.2) is 24.3 Å². The first-order valence-electron chi connectivity index (χ1n) is 6.21. The standard InChI is InChI=1S/C13H17N5.ClH/c1-18(9-6-7-15-8-9)13-12(14)16-10-4-2-3-5-11(10)17-13;/h2-5,9,15H,6-8H2,1H3,(H2,14,16);1H. The second-order valence-corrected chi connectivity index (χ2v) is 4.68. The summed E-state index contributed by atoms with van der Waals surface area (Å²) in [6.45, 7) is 2.03. The van der Waals surface area contributed by atoms with Gasteiger partial charge in [-0.2, -0.15) is 0 Å². The van der Waals surface area contributed by atoms with Crippen LogP contribution in [0.1, 0.15) is 6.42 Å². The number of anilines is 2. The zero-order valence-electron chi connectivity index (χ0n) is 10.8. The summed E-state index contributed by atoms with van der Waals surface area (Å²) in [4.78, 5) is 11.2. The van der Waals surface area contributed by atoms with Gasteiger partial charge in [-0.25, -0.2) is 9.97 Å². The van der Waals surface area contributed by atoms with Crippen LogP contribution in [-0.4, -0.2) is 36.1 Å². The summed E-state index contributed by atoms with van der Waals surface area (Å²) in [5.74, 6) is 1.28. The molecule has 1 aliphatic heterocycles. The monoisotopic (exact) mass is 279 g/mol. The molecule has 1 aromatic carbocycles. The predicted octanol–water partition coefficient (Wildman–Crippen LogP) is 1.43. The summed E-state index contributed by atoms with van der Waals surface area (Å²) in [6, 6.07) is 8.25. The fourth-order valence-electron chi connectivity index (χ4n) is 2.41. The number of aromatic nitrogens is 2. The number of hydrogen-bond acceptors (Lipinski definition) is 5. The van der Waals surface area contributed by atoms with Gasteiger partial charge in [0.25, 0.3) is 0 Å². The third kappa shape index (κ3) is 2.57. The molecule has 1 aromatic heterocycles. The Morgan fingerprint density at radius 2 is 1.95 bits per heavy atom. The van der Waals surface area contributed by atoms with Crippen molar-refractivity contribution in [2.45, 2.75) is 12.5 Å². The largest absolute Gasteiger partial charge is 0.381 e. The number of benzene rings is 1. The first kappa shape index (κ1) is 13.8. The first-order valence-corrected chi connectivity index (χ1v) is 6.21. The van der Waals surface area contributed by atoms with Gasteiger partial charge in [-0.1, -0.05) is 12.1 Å². The van der Waals surface area contributed by atoms with E-state index in [0.29, 0.717) is 11.9 Å². The molecule has 1 fully saturated rings. The normalized spacial score (nSPS) is 18.3. The third-order valence-corrected chi connectivity index (χ3v) is 3.49. The quantitative estimate of drug-likeness (QED) is 0.871. The number of fused-ring (bicyclic) bond motifs is 1. The molecule has 6 heteroatoms. The Balaban J connectivity index is 0.00000133. The van der Waals surface area contributed by atoms with Gasteiger partial charge in [-0.15, -0.1) is 12.4 Å². The van der Waals surface area contributed by atoms with Crippen LogP contribution in [0.4, 0.5) is 11.6 Å². The van der Waals surface area contributed by atoms with Crippen LogP contribution in [0.3, 0.4) is 0 Å². The molecule has 5 nitrogen and oxygen atoms in total. The van der Waals surface area contributed by atoms with E-state index in [1.807, 2.05) is 31.3 Å². The van der Waals surface area contributed by atoms with Crippen LogP contribution in [0, 0.1) is 0 Å². The highest BCUT2D eigenvalue weighted by atomic mass is 35.5. The minimum atomic E-state index is 0. The first-order chi connectivity index (χ1) is 8.75. The number of hydrogen-bond donors (Lipinski definition) is 2. The number of nitrogens with two attached hydrogens (primary N) is 1. The van der Waals surface area contributed by atoms with Gasteiger partial charge < -0.3 is 16.0 Å². The zero-order chi connectivity index (χ0) is 12.5. The van der Waals surface area contributed by atoms with E-state index in [4.69, 9.17) is 5.73 Å². The Labute approximate surface area is 118 Å². The van der Waals surface area contributed by atoms with Gasteiger partial charge in [0.15, 0.2) is 11.6 Å². The summed E-state index contributed by atoms with van der Waals surface area (Å²) in [5.41, 5.74) is 7.75. The summed E-state index contributed by atoms with van der Waals surface area (Å²) < 4.78 is 0. The molecule has 0 aliphatic carbocycles. The second kappa shape index (κ2) is 5.59.